The van der Waals surface area contributed by atoms with Gasteiger partial charge in [-0.05, 0) is 48.6 Å². The largest absolute Gasteiger partial charge is 0.480 e. The van der Waals surface area contributed by atoms with Crippen molar-refractivity contribution in [3.8, 4) is 0 Å². The van der Waals surface area contributed by atoms with E-state index in [9.17, 15) is 9.18 Å². The summed E-state index contributed by atoms with van der Waals surface area (Å²) in [6.45, 7) is 3.81. The highest BCUT2D eigenvalue weighted by Crippen LogP contribution is 2.16. The van der Waals surface area contributed by atoms with Gasteiger partial charge in [0.05, 0.1) is 0 Å². The van der Waals surface area contributed by atoms with E-state index in [4.69, 9.17) is 5.11 Å². The maximum absolute atomic E-state index is 13.2. The predicted molar refractivity (Wildman–Crippen MR) is 73.8 cm³/mol. The Kier molecular flexibility index (Phi) is 5.98. The highest BCUT2D eigenvalue weighted by atomic mass is 32.2. The lowest BCUT2D eigenvalue weighted by Crippen LogP contribution is -2.30. The van der Waals surface area contributed by atoms with Crippen LogP contribution in [0.3, 0.4) is 0 Å². The van der Waals surface area contributed by atoms with Gasteiger partial charge >= 0.3 is 5.97 Å². The topological polar surface area (TPSA) is 49.3 Å². The standard InChI is InChI=1S/C13H18FNO2S/c1-3-18-5-4-12(13(16)17)15-11-7-9(2)6-10(14)8-11/h6-8,12,15H,3-5H2,1-2H3,(H,16,17). The van der Waals surface area contributed by atoms with E-state index in [-0.39, 0.29) is 5.82 Å². The number of benzene rings is 1. The summed E-state index contributed by atoms with van der Waals surface area (Å²) >= 11 is 1.69. The molecular formula is C13H18FNO2S. The number of nitrogens with one attached hydrogen (secondary N) is 1. The van der Waals surface area contributed by atoms with Crippen LogP contribution >= 0.6 is 11.8 Å². The van der Waals surface area contributed by atoms with Crippen molar-refractivity contribution in [1.29, 1.82) is 0 Å². The molecule has 2 N–H and O–H groups in total. The molecule has 0 bridgehead atoms. The second kappa shape index (κ2) is 7.26. The van der Waals surface area contributed by atoms with Gasteiger partial charge in [0.2, 0.25) is 0 Å². The van der Waals surface area contributed by atoms with Crippen LogP contribution in [-0.2, 0) is 4.79 Å². The Labute approximate surface area is 111 Å². The van der Waals surface area contributed by atoms with E-state index in [0.29, 0.717) is 12.1 Å². The minimum Gasteiger partial charge on any atom is -0.480 e. The summed E-state index contributed by atoms with van der Waals surface area (Å²) in [4.78, 5) is 11.1. The first-order valence-electron chi connectivity index (χ1n) is 5.87. The van der Waals surface area contributed by atoms with Crippen molar-refractivity contribution in [2.45, 2.75) is 26.3 Å². The molecule has 0 spiro atoms. The van der Waals surface area contributed by atoms with Crippen molar-refractivity contribution in [3.63, 3.8) is 0 Å². The number of anilines is 1. The van der Waals surface area contributed by atoms with E-state index in [0.717, 1.165) is 17.1 Å². The zero-order valence-electron chi connectivity index (χ0n) is 10.6. The van der Waals surface area contributed by atoms with Crippen molar-refractivity contribution in [2.75, 3.05) is 16.8 Å². The molecule has 0 saturated carbocycles. The maximum atomic E-state index is 13.2. The molecule has 0 aliphatic heterocycles. The lowest BCUT2D eigenvalue weighted by molar-refractivity contribution is -0.137. The molecule has 5 heteroatoms. The average Bonchev–Trinajstić information content (AvgIpc) is 2.26. The van der Waals surface area contributed by atoms with E-state index >= 15 is 0 Å². The summed E-state index contributed by atoms with van der Waals surface area (Å²) in [5.41, 5.74) is 1.28. The summed E-state index contributed by atoms with van der Waals surface area (Å²) in [6.07, 6.45) is 0.517. The second-order valence-electron chi connectivity index (χ2n) is 4.04. The van der Waals surface area contributed by atoms with E-state index in [1.54, 1.807) is 24.8 Å². The Bertz CT molecular complexity index is 392. The maximum Gasteiger partial charge on any atom is 0.326 e. The number of halogens is 1. The predicted octanol–water partition coefficient (Wildman–Crippen LogP) is 3.14. The molecule has 0 aliphatic rings. The first-order valence-corrected chi connectivity index (χ1v) is 7.02. The molecule has 18 heavy (non-hydrogen) atoms. The highest BCUT2D eigenvalue weighted by Gasteiger charge is 2.16. The van der Waals surface area contributed by atoms with Crippen LogP contribution in [0.5, 0.6) is 0 Å². The van der Waals surface area contributed by atoms with Gasteiger partial charge in [-0.2, -0.15) is 11.8 Å². The number of carboxylic acids is 1. The number of carbonyl (C=O) groups is 1. The Morgan fingerprint density at radius 3 is 2.78 bits per heavy atom. The van der Waals surface area contributed by atoms with Crippen LogP contribution in [0.4, 0.5) is 10.1 Å². The van der Waals surface area contributed by atoms with E-state index in [1.165, 1.54) is 12.1 Å². The quantitative estimate of drug-likeness (QED) is 0.748. The fourth-order valence-electron chi connectivity index (χ4n) is 1.62. The van der Waals surface area contributed by atoms with Crippen molar-refractivity contribution in [2.24, 2.45) is 0 Å². The molecule has 0 saturated heterocycles. The smallest absolute Gasteiger partial charge is 0.326 e. The fraction of sp³-hybridized carbons (Fsp3) is 0.462. The molecule has 3 nitrogen and oxygen atoms in total. The van der Waals surface area contributed by atoms with Gasteiger partial charge in [0.25, 0.3) is 0 Å². The van der Waals surface area contributed by atoms with Crippen molar-refractivity contribution < 1.29 is 14.3 Å². The van der Waals surface area contributed by atoms with E-state index in [1.807, 2.05) is 6.92 Å². The van der Waals surface area contributed by atoms with Crippen molar-refractivity contribution in [1.82, 2.24) is 0 Å². The average molecular weight is 271 g/mol. The minimum atomic E-state index is -0.909. The molecule has 1 aromatic carbocycles. The van der Waals surface area contributed by atoms with Crippen LogP contribution in [0, 0.1) is 12.7 Å². The molecular weight excluding hydrogens is 253 g/mol. The third-order valence-corrected chi connectivity index (χ3v) is 3.37. The normalized spacial score (nSPS) is 12.2. The Morgan fingerprint density at radius 2 is 2.22 bits per heavy atom. The van der Waals surface area contributed by atoms with Crippen molar-refractivity contribution in [3.05, 3.63) is 29.6 Å². The number of carboxylic acid groups (broad SMARTS) is 1. The SMILES string of the molecule is CCSCCC(Nc1cc(C)cc(F)c1)C(=O)O. The molecule has 0 amide bonds. The molecule has 0 radical (unpaired) electrons. The summed E-state index contributed by atoms with van der Waals surface area (Å²) in [5.74, 6) is 0.471. The van der Waals surface area contributed by atoms with Crippen LogP contribution in [0.15, 0.2) is 18.2 Å². The lowest BCUT2D eigenvalue weighted by Gasteiger charge is -2.16. The number of hydrogen-bond donors (Lipinski definition) is 2. The van der Waals surface area contributed by atoms with Crippen molar-refractivity contribution >= 4 is 23.4 Å². The van der Waals surface area contributed by atoms with Gasteiger partial charge in [-0.25, -0.2) is 9.18 Å². The summed E-state index contributed by atoms with van der Waals surface area (Å²) in [6, 6.07) is 3.79. The zero-order valence-corrected chi connectivity index (χ0v) is 11.4. The highest BCUT2D eigenvalue weighted by molar-refractivity contribution is 7.99. The third-order valence-electron chi connectivity index (χ3n) is 2.44. The van der Waals surface area contributed by atoms with Crippen LogP contribution in [0.25, 0.3) is 0 Å². The van der Waals surface area contributed by atoms with Crippen LogP contribution < -0.4 is 5.32 Å². The number of hydrogen-bond acceptors (Lipinski definition) is 3. The van der Waals surface area contributed by atoms with E-state index in [2.05, 4.69) is 5.32 Å². The van der Waals surface area contributed by atoms with Gasteiger partial charge in [0, 0.05) is 5.69 Å². The molecule has 1 rings (SSSR count). The molecule has 0 fully saturated rings. The number of thioether (sulfide) groups is 1. The minimum absolute atomic E-state index is 0.357. The number of aryl methyl sites for hydroxylation is 1. The van der Waals surface area contributed by atoms with Gasteiger partial charge in [-0.1, -0.05) is 6.92 Å². The molecule has 0 aromatic heterocycles. The van der Waals surface area contributed by atoms with Crippen LogP contribution in [0.1, 0.15) is 18.9 Å². The van der Waals surface area contributed by atoms with E-state index < -0.39 is 12.0 Å². The summed E-state index contributed by atoms with van der Waals surface area (Å²) in [7, 11) is 0. The summed E-state index contributed by atoms with van der Waals surface area (Å²) < 4.78 is 13.2. The van der Waals surface area contributed by atoms with Gasteiger partial charge in [0.15, 0.2) is 0 Å². The molecule has 100 valence electrons. The van der Waals surface area contributed by atoms with Gasteiger partial charge in [-0.3, -0.25) is 0 Å². The summed E-state index contributed by atoms with van der Waals surface area (Å²) in [5, 5.41) is 12.0. The van der Waals surface area contributed by atoms with Gasteiger partial charge in [0.1, 0.15) is 11.9 Å². The Morgan fingerprint density at radius 1 is 1.50 bits per heavy atom. The van der Waals surface area contributed by atoms with Gasteiger partial charge < -0.3 is 10.4 Å². The second-order valence-corrected chi connectivity index (χ2v) is 5.43. The zero-order chi connectivity index (χ0) is 13.5. The molecule has 1 unspecified atom stereocenters. The molecule has 0 aliphatic carbocycles. The molecule has 0 heterocycles. The lowest BCUT2D eigenvalue weighted by atomic mass is 10.1. The fourth-order valence-corrected chi connectivity index (χ4v) is 2.31. The molecule has 1 aromatic rings. The first kappa shape index (κ1) is 14.8. The first-order chi connectivity index (χ1) is 8.52. The van der Waals surface area contributed by atoms with Crippen LogP contribution in [-0.4, -0.2) is 28.6 Å². The monoisotopic (exact) mass is 271 g/mol. The Hall–Kier alpha value is -1.23. The Balaban J connectivity index is 2.67. The number of rotatable bonds is 7. The third kappa shape index (κ3) is 4.96. The van der Waals surface area contributed by atoms with Gasteiger partial charge in [-0.15, -0.1) is 0 Å². The molecule has 1 atom stereocenters. The number of aliphatic carboxylic acids is 1. The van der Waals surface area contributed by atoms with Crippen LogP contribution in [0.2, 0.25) is 0 Å².